The van der Waals surface area contributed by atoms with Crippen LogP contribution in [-0.4, -0.2) is 16.1 Å². The van der Waals surface area contributed by atoms with E-state index in [9.17, 15) is 18.0 Å². The molecule has 0 bridgehead atoms. The minimum Gasteiger partial charge on any atom is -0.481 e. The van der Waals surface area contributed by atoms with Gasteiger partial charge in [0.25, 0.3) is 0 Å². The van der Waals surface area contributed by atoms with Crippen molar-refractivity contribution < 1.29 is 27.8 Å². The van der Waals surface area contributed by atoms with E-state index in [0.29, 0.717) is 5.75 Å². The first-order chi connectivity index (χ1) is 14.2. The summed E-state index contributed by atoms with van der Waals surface area (Å²) in [4.78, 5) is 16.0. The van der Waals surface area contributed by atoms with Gasteiger partial charge in [-0.05, 0) is 54.1 Å². The topological polar surface area (TPSA) is 59.4 Å². The van der Waals surface area contributed by atoms with Crippen molar-refractivity contribution >= 4 is 29.3 Å². The summed E-state index contributed by atoms with van der Waals surface area (Å²) in [6, 6.07) is 13.4. The number of rotatable bonds is 7. The second-order valence-electron chi connectivity index (χ2n) is 6.24. The molecule has 3 rings (SSSR count). The van der Waals surface area contributed by atoms with Gasteiger partial charge in [0.2, 0.25) is 0 Å². The minimum atomic E-state index is -4.64. The van der Waals surface area contributed by atoms with E-state index >= 15 is 0 Å². The molecule has 1 heterocycles. The lowest BCUT2D eigenvalue weighted by molar-refractivity contribution is -0.138. The van der Waals surface area contributed by atoms with Gasteiger partial charge in [0.05, 0.1) is 22.7 Å². The molecular weight excluding hydrogens is 439 g/mol. The summed E-state index contributed by atoms with van der Waals surface area (Å²) in [6.45, 7) is 0. The fourth-order valence-electron chi connectivity index (χ4n) is 2.58. The van der Waals surface area contributed by atoms with E-state index in [1.807, 2.05) is 18.2 Å². The first-order valence-corrected chi connectivity index (χ1v) is 10.00. The predicted octanol–water partition coefficient (Wildman–Crippen LogP) is 6.47. The van der Waals surface area contributed by atoms with Gasteiger partial charge in [-0.15, -0.1) is 11.8 Å². The predicted molar refractivity (Wildman–Crippen MR) is 108 cm³/mol. The first kappa shape index (κ1) is 22.0. The highest BCUT2D eigenvalue weighted by Crippen LogP contribution is 2.37. The summed E-state index contributed by atoms with van der Waals surface area (Å²) in [5, 5.41) is 9.12. The number of hydrogen-bond donors (Lipinski definition) is 1. The van der Waals surface area contributed by atoms with Crippen LogP contribution in [0.4, 0.5) is 13.2 Å². The number of aromatic nitrogens is 1. The molecule has 30 heavy (non-hydrogen) atoms. The molecule has 0 spiro atoms. The average molecular weight is 454 g/mol. The van der Waals surface area contributed by atoms with Crippen molar-refractivity contribution in [1.82, 2.24) is 4.98 Å². The molecule has 9 heteroatoms. The van der Waals surface area contributed by atoms with Gasteiger partial charge in [0.15, 0.2) is 0 Å². The van der Waals surface area contributed by atoms with Gasteiger partial charge in [-0.2, -0.15) is 13.2 Å². The Kier molecular flexibility index (Phi) is 6.89. The summed E-state index contributed by atoms with van der Waals surface area (Å²) in [5.74, 6) is -0.590. The van der Waals surface area contributed by atoms with E-state index in [0.717, 1.165) is 22.7 Å². The summed E-state index contributed by atoms with van der Waals surface area (Å²) in [6.07, 6.45) is -3.49. The van der Waals surface area contributed by atoms with Crippen LogP contribution in [0.2, 0.25) is 5.02 Å². The highest BCUT2D eigenvalue weighted by atomic mass is 35.5. The number of hydrogen-bond acceptors (Lipinski definition) is 4. The quantitative estimate of drug-likeness (QED) is 0.416. The number of carboxylic acid groups (broad SMARTS) is 1. The number of ether oxygens (including phenoxy) is 1. The van der Waals surface area contributed by atoms with Gasteiger partial charge in [0, 0.05) is 16.8 Å². The monoisotopic (exact) mass is 453 g/mol. The number of halogens is 4. The second-order valence-corrected chi connectivity index (χ2v) is 7.69. The molecule has 2 aromatic carbocycles. The second kappa shape index (κ2) is 9.40. The summed E-state index contributed by atoms with van der Waals surface area (Å²) >= 11 is 7.75. The van der Waals surface area contributed by atoms with Gasteiger partial charge >= 0.3 is 12.1 Å². The van der Waals surface area contributed by atoms with Crippen molar-refractivity contribution in [3.63, 3.8) is 0 Å². The lowest BCUT2D eigenvalue weighted by Crippen LogP contribution is -2.08. The lowest BCUT2D eigenvalue weighted by atomic mass is 10.1. The van der Waals surface area contributed by atoms with Crippen LogP contribution in [0, 0.1) is 0 Å². The summed E-state index contributed by atoms with van der Waals surface area (Å²) < 4.78 is 45.0. The van der Waals surface area contributed by atoms with Gasteiger partial charge in [-0.25, -0.2) is 0 Å². The highest BCUT2D eigenvalue weighted by molar-refractivity contribution is 7.98. The molecule has 0 aliphatic rings. The van der Waals surface area contributed by atoms with Crippen LogP contribution in [0.5, 0.6) is 11.5 Å². The molecular formula is C21H15ClF3NO3S. The number of carboxylic acids is 1. The zero-order chi connectivity index (χ0) is 21.7. The molecule has 4 nitrogen and oxygen atoms in total. The Balaban J connectivity index is 1.79. The van der Waals surface area contributed by atoms with E-state index in [4.69, 9.17) is 21.4 Å². The molecule has 0 radical (unpaired) electrons. The first-order valence-electron chi connectivity index (χ1n) is 8.64. The zero-order valence-electron chi connectivity index (χ0n) is 15.3. The zero-order valence-corrected chi connectivity index (χ0v) is 16.9. The number of aliphatic carboxylic acids is 1. The Labute approximate surface area is 179 Å². The van der Waals surface area contributed by atoms with Crippen LogP contribution in [0.3, 0.4) is 0 Å². The van der Waals surface area contributed by atoms with Gasteiger partial charge < -0.3 is 9.84 Å². The third kappa shape index (κ3) is 6.14. The van der Waals surface area contributed by atoms with E-state index in [1.54, 1.807) is 24.4 Å². The Hall–Kier alpha value is -2.71. The molecule has 0 aliphatic carbocycles. The number of alkyl halides is 3. The largest absolute Gasteiger partial charge is 0.481 e. The molecule has 1 N–H and O–H groups in total. The molecule has 0 saturated carbocycles. The smallest absolute Gasteiger partial charge is 0.416 e. The highest BCUT2D eigenvalue weighted by Gasteiger charge is 2.31. The molecule has 3 aromatic rings. The Morgan fingerprint density at radius 1 is 1.13 bits per heavy atom. The van der Waals surface area contributed by atoms with Crippen LogP contribution < -0.4 is 4.74 Å². The molecule has 0 saturated heterocycles. The number of carbonyl (C=O) groups is 1. The van der Waals surface area contributed by atoms with Gasteiger partial charge in [-0.1, -0.05) is 17.7 Å². The number of benzene rings is 2. The van der Waals surface area contributed by atoms with Crippen molar-refractivity contribution in [3.8, 4) is 11.5 Å². The van der Waals surface area contributed by atoms with Crippen LogP contribution in [0.15, 0.2) is 65.7 Å². The van der Waals surface area contributed by atoms with Crippen LogP contribution in [0.1, 0.15) is 16.8 Å². The standard InChI is InChI=1S/C21H15ClF3NO3S/c22-18-11-17(30-12-15-3-1-2-6-26-15)4-5-19(18)29-16-8-13(9-20(27)28)7-14(10-16)21(23,24)25/h1-8,10-11H,9,12H2,(H,27,28). The van der Waals surface area contributed by atoms with Gasteiger partial charge in [-0.3, -0.25) is 9.78 Å². The van der Waals surface area contributed by atoms with Crippen LogP contribution in [0.25, 0.3) is 0 Å². The third-order valence-corrected chi connectivity index (χ3v) is 5.22. The fraction of sp³-hybridized carbons (Fsp3) is 0.143. The van der Waals surface area contributed by atoms with E-state index in [2.05, 4.69) is 4.98 Å². The molecule has 1 aromatic heterocycles. The Bertz CT molecular complexity index is 1050. The molecule has 0 aliphatic heterocycles. The summed E-state index contributed by atoms with van der Waals surface area (Å²) in [7, 11) is 0. The maximum atomic E-state index is 13.1. The number of nitrogens with zero attached hydrogens (tertiary/aromatic N) is 1. The molecule has 0 amide bonds. The van der Waals surface area contributed by atoms with E-state index in [-0.39, 0.29) is 22.1 Å². The average Bonchev–Trinajstić information content (AvgIpc) is 2.68. The van der Waals surface area contributed by atoms with Crippen molar-refractivity contribution in [1.29, 1.82) is 0 Å². The Morgan fingerprint density at radius 3 is 2.57 bits per heavy atom. The normalized spacial score (nSPS) is 11.3. The Morgan fingerprint density at radius 2 is 1.93 bits per heavy atom. The fourth-order valence-corrected chi connectivity index (χ4v) is 3.72. The molecule has 0 unspecified atom stereocenters. The van der Waals surface area contributed by atoms with Crippen molar-refractivity contribution in [2.24, 2.45) is 0 Å². The van der Waals surface area contributed by atoms with Gasteiger partial charge in [0.1, 0.15) is 11.5 Å². The van der Waals surface area contributed by atoms with Crippen molar-refractivity contribution in [2.75, 3.05) is 0 Å². The van der Waals surface area contributed by atoms with Crippen molar-refractivity contribution in [3.05, 3.63) is 82.6 Å². The van der Waals surface area contributed by atoms with Crippen LogP contribution in [-0.2, 0) is 23.1 Å². The summed E-state index contributed by atoms with van der Waals surface area (Å²) in [5.41, 5.74) is -0.116. The molecule has 0 atom stereocenters. The van der Waals surface area contributed by atoms with E-state index < -0.39 is 24.1 Å². The number of pyridine rings is 1. The SMILES string of the molecule is O=C(O)Cc1cc(Oc2ccc(SCc3ccccn3)cc2Cl)cc(C(F)(F)F)c1. The molecule has 156 valence electrons. The molecule has 0 fully saturated rings. The number of thioether (sulfide) groups is 1. The third-order valence-electron chi connectivity index (χ3n) is 3.89. The maximum absolute atomic E-state index is 13.1. The van der Waals surface area contributed by atoms with E-state index in [1.165, 1.54) is 17.8 Å². The maximum Gasteiger partial charge on any atom is 0.416 e. The van der Waals surface area contributed by atoms with Crippen LogP contribution >= 0.6 is 23.4 Å². The van der Waals surface area contributed by atoms with Crippen molar-refractivity contribution in [2.45, 2.75) is 23.2 Å². The minimum absolute atomic E-state index is 0.0222. The lowest BCUT2D eigenvalue weighted by Gasteiger charge is -2.13.